The van der Waals surface area contributed by atoms with Crippen molar-refractivity contribution >= 4 is 5.97 Å². The Bertz CT molecular complexity index is 107. The number of rotatable bonds is 3. The summed E-state index contributed by atoms with van der Waals surface area (Å²) in [6.07, 6.45) is 3.10. The third-order valence-corrected chi connectivity index (χ3v) is 0.655. The molecule has 0 aliphatic rings. The Morgan fingerprint density at radius 2 is 2.33 bits per heavy atom. The molecule has 0 rings (SSSR count). The van der Waals surface area contributed by atoms with E-state index in [2.05, 4.69) is 4.74 Å². The monoisotopic (exact) mass is 130 g/mol. The molecule has 0 unspecified atom stereocenters. The van der Waals surface area contributed by atoms with Gasteiger partial charge in [-0.15, -0.1) is 0 Å². The summed E-state index contributed by atoms with van der Waals surface area (Å²) in [5.74, 6) is -0.308. The molecule has 0 amide bonds. The van der Waals surface area contributed by atoms with Gasteiger partial charge in [0.2, 0.25) is 0 Å². The molecule has 9 heavy (non-hydrogen) atoms. The van der Waals surface area contributed by atoms with E-state index >= 15 is 0 Å². The van der Waals surface area contributed by atoms with Crippen LogP contribution in [0.25, 0.3) is 0 Å². The van der Waals surface area contributed by atoms with Crippen molar-refractivity contribution in [3.8, 4) is 0 Å². The van der Waals surface area contributed by atoms with Crippen molar-refractivity contribution in [3.05, 3.63) is 12.2 Å². The van der Waals surface area contributed by atoms with Gasteiger partial charge in [-0.25, -0.2) is 0 Å². The second-order valence-corrected chi connectivity index (χ2v) is 1.46. The minimum absolute atomic E-state index is 0.0126. The molecule has 0 aromatic carbocycles. The molecule has 0 saturated carbocycles. The van der Waals surface area contributed by atoms with E-state index in [9.17, 15) is 4.79 Å². The van der Waals surface area contributed by atoms with E-state index in [1.165, 1.54) is 13.0 Å². The molecule has 3 heteroatoms. The lowest BCUT2D eigenvalue weighted by atomic mass is 10.5. The first-order valence-electron chi connectivity index (χ1n) is 2.66. The maximum atomic E-state index is 10.1. The van der Waals surface area contributed by atoms with Gasteiger partial charge in [-0.1, -0.05) is 6.08 Å². The summed E-state index contributed by atoms with van der Waals surface area (Å²) in [7, 11) is 0. The predicted octanol–water partition coefficient (Wildman–Crippen LogP) is 0.0980. The van der Waals surface area contributed by atoms with Gasteiger partial charge in [0.1, 0.15) is 6.61 Å². The predicted molar refractivity (Wildman–Crippen MR) is 32.9 cm³/mol. The molecule has 0 atom stereocenters. The number of esters is 1. The van der Waals surface area contributed by atoms with Crippen molar-refractivity contribution in [3.63, 3.8) is 0 Å². The fourth-order valence-electron chi connectivity index (χ4n) is 0.308. The molecular weight excluding hydrogens is 120 g/mol. The van der Waals surface area contributed by atoms with Crippen molar-refractivity contribution in [2.24, 2.45) is 0 Å². The maximum Gasteiger partial charge on any atom is 0.302 e. The Kier molecular flexibility index (Phi) is 4.82. The van der Waals surface area contributed by atoms with E-state index in [0.717, 1.165) is 0 Å². The van der Waals surface area contributed by atoms with Crippen LogP contribution in [0.5, 0.6) is 0 Å². The third kappa shape index (κ3) is 7.17. The summed E-state index contributed by atoms with van der Waals surface area (Å²) in [5, 5.41) is 8.20. The Labute approximate surface area is 53.9 Å². The quantitative estimate of drug-likeness (QED) is 0.435. The number of aliphatic hydroxyl groups excluding tert-OH is 1. The number of hydrogen-bond donors (Lipinski definition) is 1. The highest BCUT2D eigenvalue weighted by Gasteiger charge is 1.84. The Balaban J connectivity index is 3.09. The van der Waals surface area contributed by atoms with Gasteiger partial charge in [0, 0.05) is 6.92 Å². The van der Waals surface area contributed by atoms with Crippen molar-refractivity contribution in [1.29, 1.82) is 0 Å². The fourth-order valence-corrected chi connectivity index (χ4v) is 0.308. The molecule has 0 aliphatic heterocycles. The molecule has 0 saturated heterocycles. The molecule has 0 aromatic rings. The summed E-state index contributed by atoms with van der Waals surface area (Å²) in [6.45, 7) is 1.57. The highest BCUT2D eigenvalue weighted by molar-refractivity contribution is 5.65. The third-order valence-electron chi connectivity index (χ3n) is 0.655. The number of ether oxygens (including phenoxy) is 1. The average molecular weight is 130 g/mol. The van der Waals surface area contributed by atoms with Gasteiger partial charge < -0.3 is 9.84 Å². The zero-order chi connectivity index (χ0) is 7.11. The van der Waals surface area contributed by atoms with Crippen LogP contribution >= 0.6 is 0 Å². The van der Waals surface area contributed by atoms with Crippen molar-refractivity contribution in [1.82, 2.24) is 0 Å². The first kappa shape index (κ1) is 8.17. The standard InChI is InChI=1S/C6H10O3/c1-6(8)9-5-3-2-4-7/h2-3,7H,4-5H2,1H3/b3-2+. The summed E-state index contributed by atoms with van der Waals surface area (Å²) in [4.78, 5) is 10.1. The topological polar surface area (TPSA) is 46.5 Å². The minimum Gasteiger partial charge on any atom is -0.462 e. The van der Waals surface area contributed by atoms with Gasteiger partial charge >= 0.3 is 5.97 Å². The van der Waals surface area contributed by atoms with Crippen molar-refractivity contribution < 1.29 is 14.6 Å². The van der Waals surface area contributed by atoms with Crippen LogP contribution in [0.4, 0.5) is 0 Å². The summed E-state index contributed by atoms with van der Waals surface area (Å²) in [6, 6.07) is 0. The van der Waals surface area contributed by atoms with E-state index in [1.54, 1.807) is 6.08 Å². The second kappa shape index (κ2) is 5.31. The highest BCUT2D eigenvalue weighted by atomic mass is 16.5. The van der Waals surface area contributed by atoms with E-state index in [1.807, 2.05) is 0 Å². The van der Waals surface area contributed by atoms with Gasteiger partial charge in [0.15, 0.2) is 0 Å². The number of carbonyl (C=O) groups excluding carboxylic acids is 1. The SMILES string of the molecule is CC(=O)OC/C=C/CO. The fraction of sp³-hybridized carbons (Fsp3) is 0.500. The average Bonchev–Trinajstić information content (AvgIpc) is 1.80. The van der Waals surface area contributed by atoms with Crippen molar-refractivity contribution in [2.75, 3.05) is 13.2 Å². The first-order chi connectivity index (χ1) is 4.27. The molecule has 0 bridgehead atoms. The zero-order valence-electron chi connectivity index (χ0n) is 5.33. The largest absolute Gasteiger partial charge is 0.462 e. The van der Waals surface area contributed by atoms with Crippen LogP contribution in [0.1, 0.15) is 6.92 Å². The molecule has 0 aliphatic carbocycles. The van der Waals surface area contributed by atoms with Gasteiger partial charge in [-0.3, -0.25) is 4.79 Å². The lowest BCUT2D eigenvalue weighted by Crippen LogP contribution is -1.97. The van der Waals surface area contributed by atoms with Crippen LogP contribution < -0.4 is 0 Å². The molecule has 3 nitrogen and oxygen atoms in total. The molecule has 1 N–H and O–H groups in total. The first-order valence-corrected chi connectivity index (χ1v) is 2.66. The summed E-state index contributed by atoms with van der Waals surface area (Å²) in [5.41, 5.74) is 0. The minimum atomic E-state index is -0.308. The number of carbonyl (C=O) groups is 1. The van der Waals surface area contributed by atoms with E-state index in [4.69, 9.17) is 5.11 Å². The van der Waals surface area contributed by atoms with Crippen LogP contribution in [0.15, 0.2) is 12.2 Å². The van der Waals surface area contributed by atoms with Crippen LogP contribution in [-0.2, 0) is 9.53 Å². The maximum absolute atomic E-state index is 10.1. The zero-order valence-corrected chi connectivity index (χ0v) is 5.33. The molecular formula is C6H10O3. The number of aliphatic hydroxyl groups is 1. The molecule has 52 valence electrons. The molecule has 0 radical (unpaired) electrons. The van der Waals surface area contributed by atoms with Crippen LogP contribution in [0, 0.1) is 0 Å². The Hall–Kier alpha value is -0.830. The highest BCUT2D eigenvalue weighted by Crippen LogP contribution is 1.77. The van der Waals surface area contributed by atoms with E-state index < -0.39 is 0 Å². The van der Waals surface area contributed by atoms with Crippen LogP contribution in [0.2, 0.25) is 0 Å². The lowest BCUT2D eigenvalue weighted by Gasteiger charge is -1.92. The van der Waals surface area contributed by atoms with Crippen molar-refractivity contribution in [2.45, 2.75) is 6.92 Å². The second-order valence-electron chi connectivity index (χ2n) is 1.46. The van der Waals surface area contributed by atoms with Crippen LogP contribution in [0.3, 0.4) is 0 Å². The Morgan fingerprint density at radius 1 is 1.67 bits per heavy atom. The van der Waals surface area contributed by atoms with Gasteiger partial charge in [0.25, 0.3) is 0 Å². The summed E-state index contributed by atoms with van der Waals surface area (Å²) < 4.78 is 4.51. The lowest BCUT2D eigenvalue weighted by molar-refractivity contribution is -0.139. The molecule has 0 aromatic heterocycles. The van der Waals surface area contributed by atoms with Gasteiger partial charge in [-0.2, -0.15) is 0 Å². The smallest absolute Gasteiger partial charge is 0.302 e. The normalized spacial score (nSPS) is 10.0. The molecule has 0 heterocycles. The molecule has 0 spiro atoms. The van der Waals surface area contributed by atoms with Crippen LogP contribution in [-0.4, -0.2) is 24.3 Å². The molecule has 0 fully saturated rings. The van der Waals surface area contributed by atoms with E-state index in [0.29, 0.717) is 0 Å². The van der Waals surface area contributed by atoms with Gasteiger partial charge in [0.05, 0.1) is 6.61 Å². The van der Waals surface area contributed by atoms with E-state index in [-0.39, 0.29) is 19.2 Å². The summed E-state index contributed by atoms with van der Waals surface area (Å²) >= 11 is 0. The Morgan fingerprint density at radius 3 is 2.78 bits per heavy atom. The van der Waals surface area contributed by atoms with Gasteiger partial charge in [-0.05, 0) is 6.08 Å². The number of hydrogen-bond acceptors (Lipinski definition) is 3.